The molecule has 0 saturated heterocycles. The smallest absolute Gasteiger partial charge is 0.326 e. The van der Waals surface area contributed by atoms with E-state index in [1.165, 1.54) is 25.1 Å². The number of hydrogen-bond acceptors (Lipinski definition) is 10. The molecule has 2 aromatic rings. The Labute approximate surface area is 294 Å². The number of aliphatic carboxylic acids is 2. The molecule has 2 aromatic carbocycles. The Bertz CT molecular complexity index is 1660. The second-order valence-corrected chi connectivity index (χ2v) is 14.4. The highest BCUT2D eigenvalue weighted by atomic mass is 35.5. The number of nitrogens with zero attached hydrogens (tertiary/aromatic N) is 1. The van der Waals surface area contributed by atoms with Crippen molar-refractivity contribution in [3.05, 3.63) is 64.7 Å². The first-order valence-electron chi connectivity index (χ1n) is 15.3. The first-order valence-corrected chi connectivity index (χ1v) is 17.8. The highest BCUT2D eigenvalue weighted by molar-refractivity contribution is 7.90. The van der Waals surface area contributed by atoms with Crippen LogP contribution in [0, 0.1) is 0 Å². The summed E-state index contributed by atoms with van der Waals surface area (Å²) in [6, 6.07) is 6.11. The van der Waals surface area contributed by atoms with Gasteiger partial charge in [-0.3, -0.25) is 24.0 Å². The number of likely N-dealkylation sites (N-methyl/N-ethyl adjacent to an activating group) is 2. The fourth-order valence-electron chi connectivity index (χ4n) is 4.69. The quantitative estimate of drug-likeness (QED) is 0.0983. The van der Waals surface area contributed by atoms with E-state index >= 15 is 0 Å². The minimum Gasteiger partial charge on any atom is -0.506 e. The zero-order valence-electron chi connectivity index (χ0n) is 27.9. The van der Waals surface area contributed by atoms with E-state index in [0.29, 0.717) is 5.56 Å². The number of carbonyl (C=O) groups excluding carboxylic acids is 4. The first-order chi connectivity index (χ1) is 23.3. The molecule has 0 bridgehead atoms. The van der Waals surface area contributed by atoms with Gasteiger partial charge in [0.15, 0.2) is 0 Å². The number of phenols is 1. The van der Waals surface area contributed by atoms with Gasteiger partial charge in [0.1, 0.15) is 39.8 Å². The molecular weight excluding hydrogens is 698 g/mol. The summed E-state index contributed by atoms with van der Waals surface area (Å²) >= 11 is 6.06. The summed E-state index contributed by atoms with van der Waals surface area (Å²) < 4.78 is 24.1. The van der Waals surface area contributed by atoms with Gasteiger partial charge in [-0.2, -0.15) is 0 Å². The molecule has 0 unspecified atom stereocenters. The normalized spacial score (nSPS) is 14.3. The van der Waals surface area contributed by atoms with Crippen molar-refractivity contribution in [2.75, 3.05) is 26.1 Å². The van der Waals surface area contributed by atoms with Gasteiger partial charge >= 0.3 is 11.9 Å². The highest BCUT2D eigenvalue weighted by Gasteiger charge is 2.35. The lowest BCUT2D eigenvalue weighted by atomic mass is 10.0. The zero-order chi connectivity index (χ0) is 37.8. The molecule has 274 valence electrons. The Morgan fingerprint density at radius 2 is 1.36 bits per heavy atom. The SMILES string of the molecule is CN[C@@H](Cc1ccccc1)C(=O)N[C@H](Cc1ccc(O)c(Cl)c1)C(=O)N[C@@H](CCS(C)(=O)=O)C(=O)N[C@@H](CC(=O)O)C(=O)N(C)[C@@H](C)C(=O)O. The first kappa shape index (κ1) is 41.4. The number of carboxylic acid groups (broad SMARTS) is 2. The third-order valence-corrected chi connectivity index (χ3v) is 9.00. The highest BCUT2D eigenvalue weighted by Crippen LogP contribution is 2.24. The lowest BCUT2D eigenvalue weighted by Crippen LogP contribution is -2.59. The van der Waals surface area contributed by atoms with E-state index in [9.17, 15) is 52.5 Å². The third kappa shape index (κ3) is 13.3. The maximum Gasteiger partial charge on any atom is 0.326 e. The summed E-state index contributed by atoms with van der Waals surface area (Å²) in [7, 11) is -1.06. The maximum absolute atomic E-state index is 13.8. The molecule has 50 heavy (non-hydrogen) atoms. The number of hydrogen-bond donors (Lipinski definition) is 7. The predicted molar refractivity (Wildman–Crippen MR) is 182 cm³/mol. The van der Waals surface area contributed by atoms with Crippen LogP contribution in [0.3, 0.4) is 0 Å². The van der Waals surface area contributed by atoms with Gasteiger partial charge in [-0.15, -0.1) is 0 Å². The largest absolute Gasteiger partial charge is 0.506 e. The number of sulfone groups is 1. The molecule has 0 aromatic heterocycles. The van der Waals surface area contributed by atoms with E-state index in [0.717, 1.165) is 23.8 Å². The summed E-state index contributed by atoms with van der Waals surface area (Å²) in [4.78, 5) is 77.6. The molecule has 16 nitrogen and oxygen atoms in total. The molecule has 0 saturated carbocycles. The van der Waals surface area contributed by atoms with E-state index in [1.54, 1.807) is 19.2 Å². The second-order valence-electron chi connectivity index (χ2n) is 11.7. The molecule has 0 radical (unpaired) electrons. The molecule has 2 rings (SSSR count). The molecule has 4 amide bonds. The van der Waals surface area contributed by atoms with Crippen LogP contribution in [0.2, 0.25) is 5.02 Å². The van der Waals surface area contributed by atoms with Gasteiger partial charge in [0.2, 0.25) is 23.6 Å². The minimum absolute atomic E-state index is 0.0353. The van der Waals surface area contributed by atoms with Crippen molar-refractivity contribution in [3.8, 4) is 5.75 Å². The van der Waals surface area contributed by atoms with Crippen LogP contribution >= 0.6 is 11.6 Å². The standard InChI is InChI=1S/C32H42ClN5O11S/c1-18(32(46)47)38(3)31(45)25(17-27(40)41)37-28(42)22(12-13-50(4,48)49)35-30(44)24(16-20-10-11-26(39)21(33)14-20)36-29(43)23(34-2)15-19-8-6-5-7-9-19/h5-11,14,18,22-25,34,39H,12-13,15-17H2,1-4H3,(H,35,44)(H,36,43)(H,37,42)(H,40,41)(H,46,47)/t18-,22-,23-,24+,25-/m0/s1. The van der Waals surface area contributed by atoms with E-state index in [2.05, 4.69) is 21.3 Å². The molecule has 18 heteroatoms. The maximum atomic E-state index is 13.8. The van der Waals surface area contributed by atoms with Crippen LogP contribution in [-0.2, 0) is 51.4 Å². The van der Waals surface area contributed by atoms with Crippen LogP contribution in [0.15, 0.2) is 48.5 Å². The molecule has 0 aliphatic heterocycles. The Morgan fingerprint density at radius 3 is 1.90 bits per heavy atom. The average molecular weight is 740 g/mol. The molecule has 7 N–H and O–H groups in total. The third-order valence-electron chi connectivity index (χ3n) is 7.72. The number of rotatable bonds is 19. The monoisotopic (exact) mass is 739 g/mol. The molecule has 0 fully saturated rings. The Morgan fingerprint density at radius 1 is 0.820 bits per heavy atom. The van der Waals surface area contributed by atoms with Crippen molar-refractivity contribution in [2.24, 2.45) is 0 Å². The van der Waals surface area contributed by atoms with Crippen LogP contribution in [0.4, 0.5) is 0 Å². The van der Waals surface area contributed by atoms with Gasteiger partial charge in [0, 0.05) is 19.7 Å². The number of carboxylic acids is 2. The van der Waals surface area contributed by atoms with E-state index in [4.69, 9.17) is 11.6 Å². The van der Waals surface area contributed by atoms with Crippen LogP contribution in [0.25, 0.3) is 0 Å². The zero-order valence-corrected chi connectivity index (χ0v) is 29.5. The lowest BCUT2D eigenvalue weighted by Gasteiger charge is -2.29. The van der Waals surface area contributed by atoms with Crippen LogP contribution in [-0.4, -0.2) is 121 Å². The summed E-state index contributed by atoms with van der Waals surface area (Å²) in [6.45, 7) is 1.17. The fraction of sp³-hybridized carbons (Fsp3) is 0.438. The number of halogens is 1. The summed E-state index contributed by atoms with van der Waals surface area (Å²) in [5.74, 6) is -7.48. The van der Waals surface area contributed by atoms with Gasteiger partial charge < -0.3 is 41.5 Å². The van der Waals surface area contributed by atoms with Crippen LogP contribution in [0.5, 0.6) is 5.75 Å². The Kier molecular flexibility index (Phi) is 15.6. The average Bonchev–Trinajstić information content (AvgIpc) is 3.04. The molecule has 0 aliphatic carbocycles. The van der Waals surface area contributed by atoms with Gasteiger partial charge in [0.25, 0.3) is 0 Å². The van der Waals surface area contributed by atoms with Crippen molar-refractivity contribution >= 4 is 57.0 Å². The van der Waals surface area contributed by atoms with E-state index in [1.807, 2.05) is 18.2 Å². The van der Waals surface area contributed by atoms with E-state index < -0.39 is 94.2 Å². The number of nitrogens with one attached hydrogen (secondary N) is 4. The molecule has 0 aliphatic rings. The number of carbonyl (C=O) groups is 6. The van der Waals surface area contributed by atoms with Crippen molar-refractivity contribution in [3.63, 3.8) is 0 Å². The topological polar surface area (TPSA) is 249 Å². The fourth-order valence-corrected chi connectivity index (χ4v) is 5.56. The van der Waals surface area contributed by atoms with Gasteiger partial charge in [-0.1, -0.05) is 48.0 Å². The van der Waals surface area contributed by atoms with Gasteiger partial charge in [-0.25, -0.2) is 13.2 Å². The molecule has 0 heterocycles. The van der Waals surface area contributed by atoms with Gasteiger partial charge in [-0.05, 0) is 50.1 Å². The summed E-state index contributed by atoms with van der Waals surface area (Å²) in [5.41, 5.74) is 1.22. The number of aromatic hydroxyl groups is 1. The Balaban J connectivity index is 2.43. The molecular formula is C32H42ClN5O11S. The van der Waals surface area contributed by atoms with E-state index in [-0.39, 0.29) is 23.6 Å². The number of benzene rings is 2. The number of phenolic OH excluding ortho intramolecular Hbond substituents is 1. The van der Waals surface area contributed by atoms with Crippen LogP contribution < -0.4 is 21.3 Å². The van der Waals surface area contributed by atoms with Crippen molar-refractivity contribution in [1.29, 1.82) is 0 Å². The van der Waals surface area contributed by atoms with Crippen molar-refractivity contribution in [1.82, 2.24) is 26.2 Å². The van der Waals surface area contributed by atoms with Crippen molar-refractivity contribution < 1.29 is 52.5 Å². The summed E-state index contributed by atoms with van der Waals surface area (Å²) in [5, 5.41) is 38.7. The van der Waals surface area contributed by atoms with Crippen molar-refractivity contribution in [2.45, 2.75) is 62.8 Å². The molecule has 0 spiro atoms. The predicted octanol–water partition coefficient (Wildman–Crippen LogP) is -0.286. The second kappa shape index (κ2) is 18.9. The van der Waals surface area contributed by atoms with Crippen LogP contribution in [0.1, 0.15) is 30.9 Å². The van der Waals surface area contributed by atoms with Gasteiger partial charge in [0.05, 0.1) is 23.2 Å². The molecule has 5 atom stereocenters. The summed E-state index contributed by atoms with van der Waals surface area (Å²) in [6.07, 6.45) is -0.523. The Hall–Kier alpha value is -4.74. The number of amides is 4. The minimum atomic E-state index is -3.71. The lowest BCUT2D eigenvalue weighted by molar-refractivity contribution is -0.150.